The van der Waals surface area contributed by atoms with Crippen LogP contribution in [0.5, 0.6) is 11.5 Å². The Morgan fingerprint density at radius 3 is 2.27 bits per heavy atom. The van der Waals surface area contributed by atoms with Crippen LogP contribution in [0.15, 0.2) is 36.4 Å². The van der Waals surface area contributed by atoms with E-state index in [0.29, 0.717) is 52.4 Å². The summed E-state index contributed by atoms with van der Waals surface area (Å²) in [5.74, 6) is 0.448. The van der Waals surface area contributed by atoms with Gasteiger partial charge in [0.05, 0.1) is 11.9 Å². The van der Waals surface area contributed by atoms with Gasteiger partial charge in [0, 0.05) is 47.2 Å². The van der Waals surface area contributed by atoms with E-state index in [-0.39, 0.29) is 43.8 Å². The van der Waals surface area contributed by atoms with Crippen LogP contribution in [-0.4, -0.2) is 63.2 Å². The van der Waals surface area contributed by atoms with E-state index in [4.69, 9.17) is 32.7 Å². The van der Waals surface area contributed by atoms with Gasteiger partial charge in [0.1, 0.15) is 19.3 Å². The molecule has 2 aromatic carbocycles. The second-order valence-corrected chi connectivity index (χ2v) is 12.5. The molecule has 0 saturated carbocycles. The molecule has 2 aromatic rings. The number of fused-ring (bicyclic) bond motifs is 1. The molecule has 0 saturated heterocycles. The molecule has 1 N–H and O–H groups in total. The van der Waals surface area contributed by atoms with Crippen LogP contribution >= 0.6 is 23.2 Å². The van der Waals surface area contributed by atoms with Gasteiger partial charge in [-0.1, -0.05) is 43.1 Å². The third kappa shape index (κ3) is 8.17. The number of sulfonamides is 1. The van der Waals surface area contributed by atoms with Gasteiger partial charge in [-0.2, -0.15) is 0 Å². The topological polar surface area (TPSA) is 105 Å². The molecule has 1 aliphatic heterocycles. The van der Waals surface area contributed by atoms with E-state index >= 15 is 0 Å². The molecule has 12 heteroatoms. The molecular weight excluding hydrogens is 577 g/mol. The molecule has 40 heavy (non-hydrogen) atoms. The fourth-order valence-electron chi connectivity index (χ4n) is 4.41. The molecule has 0 spiro atoms. The third-order valence-electron chi connectivity index (χ3n) is 6.74. The highest BCUT2D eigenvalue weighted by molar-refractivity contribution is 7.92. The molecule has 9 nitrogen and oxygen atoms in total. The fourth-order valence-corrected chi connectivity index (χ4v) is 5.88. The first-order valence-electron chi connectivity index (χ1n) is 13.4. The number of ether oxygens (including phenoxy) is 2. The third-order valence-corrected chi connectivity index (χ3v) is 8.65. The largest absolute Gasteiger partial charge is 0.486 e. The van der Waals surface area contributed by atoms with Crippen molar-refractivity contribution in [3.8, 4) is 11.5 Å². The first-order chi connectivity index (χ1) is 19.0. The number of carbonyl (C=O) groups excluding carboxylic acids is 2. The van der Waals surface area contributed by atoms with E-state index in [1.54, 1.807) is 36.4 Å². The lowest BCUT2D eigenvalue weighted by Gasteiger charge is -2.32. The van der Waals surface area contributed by atoms with Crippen molar-refractivity contribution in [3.63, 3.8) is 0 Å². The lowest BCUT2D eigenvalue weighted by Crippen LogP contribution is -2.50. The van der Waals surface area contributed by atoms with Crippen LogP contribution in [0.4, 0.5) is 5.69 Å². The Morgan fingerprint density at radius 1 is 1.02 bits per heavy atom. The Kier molecular flexibility index (Phi) is 11.4. The summed E-state index contributed by atoms with van der Waals surface area (Å²) in [6.07, 6.45) is 2.46. The van der Waals surface area contributed by atoms with Crippen LogP contribution in [0, 0.1) is 0 Å². The van der Waals surface area contributed by atoms with Crippen molar-refractivity contribution in [3.05, 3.63) is 52.0 Å². The van der Waals surface area contributed by atoms with Crippen molar-refractivity contribution in [1.82, 2.24) is 10.2 Å². The van der Waals surface area contributed by atoms with Crippen LogP contribution in [0.3, 0.4) is 0 Å². The minimum Gasteiger partial charge on any atom is -0.486 e. The zero-order valence-corrected chi connectivity index (χ0v) is 25.6. The summed E-state index contributed by atoms with van der Waals surface area (Å²) in [5.41, 5.74) is 0.960. The van der Waals surface area contributed by atoms with Gasteiger partial charge in [-0.3, -0.25) is 13.9 Å². The van der Waals surface area contributed by atoms with Crippen LogP contribution in [0.1, 0.15) is 52.0 Å². The average Bonchev–Trinajstić information content (AvgIpc) is 2.91. The molecule has 2 atom stereocenters. The quantitative estimate of drug-likeness (QED) is 0.339. The highest BCUT2D eigenvalue weighted by Crippen LogP contribution is 2.35. The number of nitrogens with zero attached hydrogens (tertiary/aromatic N) is 2. The summed E-state index contributed by atoms with van der Waals surface area (Å²) in [6.45, 7) is 6.60. The van der Waals surface area contributed by atoms with E-state index < -0.39 is 16.1 Å². The smallest absolute Gasteiger partial charge is 0.243 e. The van der Waals surface area contributed by atoms with Gasteiger partial charge in [-0.15, -0.1) is 0 Å². The Labute approximate surface area is 246 Å². The van der Waals surface area contributed by atoms with Crippen molar-refractivity contribution < 1.29 is 27.5 Å². The summed E-state index contributed by atoms with van der Waals surface area (Å²) < 4.78 is 37.7. The highest BCUT2D eigenvalue weighted by Gasteiger charge is 2.30. The zero-order valence-electron chi connectivity index (χ0n) is 23.3. The van der Waals surface area contributed by atoms with Gasteiger partial charge in [0.2, 0.25) is 21.8 Å². The van der Waals surface area contributed by atoms with E-state index in [9.17, 15) is 18.0 Å². The molecule has 3 rings (SSSR count). The molecule has 1 aliphatic rings. The van der Waals surface area contributed by atoms with E-state index in [1.165, 1.54) is 9.21 Å². The summed E-state index contributed by atoms with van der Waals surface area (Å²) >= 11 is 12.8. The van der Waals surface area contributed by atoms with Gasteiger partial charge in [0.25, 0.3) is 0 Å². The van der Waals surface area contributed by atoms with E-state index in [1.807, 2.05) is 20.8 Å². The monoisotopic (exact) mass is 613 g/mol. The summed E-state index contributed by atoms with van der Waals surface area (Å²) in [5, 5.41) is 3.75. The van der Waals surface area contributed by atoms with Gasteiger partial charge in [0.15, 0.2) is 11.5 Å². The van der Waals surface area contributed by atoms with Crippen molar-refractivity contribution in [2.24, 2.45) is 0 Å². The van der Waals surface area contributed by atoms with E-state index in [2.05, 4.69) is 5.32 Å². The van der Waals surface area contributed by atoms with Gasteiger partial charge in [-0.25, -0.2) is 8.42 Å². The second kappa shape index (κ2) is 14.3. The number of hydrogen-bond acceptors (Lipinski definition) is 6. The van der Waals surface area contributed by atoms with Crippen molar-refractivity contribution in [2.45, 2.75) is 65.1 Å². The maximum atomic E-state index is 13.6. The molecule has 0 bridgehead atoms. The SMILES string of the molecule is CC[C@@H](C)NC(=O)[C@@H](CC)N(Cc1c(Cl)cccc1Cl)C(=O)CCCN(c1ccc2c(c1)OCCO2)S(C)(=O)=O. The molecule has 220 valence electrons. The Balaban J connectivity index is 1.81. The number of amides is 2. The minimum absolute atomic E-state index is 0.00571. The molecule has 0 aromatic heterocycles. The number of nitrogens with one attached hydrogen (secondary N) is 1. The Hall–Kier alpha value is -2.69. The molecular formula is C28H37Cl2N3O6S. The van der Waals surface area contributed by atoms with Crippen molar-refractivity contribution in [2.75, 3.05) is 30.3 Å². The number of benzene rings is 2. The molecule has 2 amide bonds. The molecule has 0 aliphatic carbocycles. The van der Waals surface area contributed by atoms with Gasteiger partial charge < -0.3 is 19.7 Å². The van der Waals surface area contributed by atoms with Crippen LogP contribution < -0.4 is 19.1 Å². The Bertz CT molecular complexity index is 1290. The van der Waals surface area contributed by atoms with Crippen LogP contribution in [0.25, 0.3) is 0 Å². The van der Waals surface area contributed by atoms with Crippen LogP contribution in [-0.2, 0) is 26.2 Å². The minimum atomic E-state index is -3.66. The lowest BCUT2D eigenvalue weighted by molar-refractivity contribution is -0.141. The maximum absolute atomic E-state index is 13.6. The van der Waals surface area contributed by atoms with Crippen molar-refractivity contribution >= 4 is 50.7 Å². The number of hydrogen-bond donors (Lipinski definition) is 1. The Morgan fingerprint density at radius 2 is 1.68 bits per heavy atom. The average molecular weight is 615 g/mol. The van der Waals surface area contributed by atoms with Gasteiger partial charge >= 0.3 is 0 Å². The number of carbonyl (C=O) groups is 2. The predicted molar refractivity (Wildman–Crippen MR) is 158 cm³/mol. The van der Waals surface area contributed by atoms with E-state index in [0.717, 1.165) is 12.7 Å². The molecule has 0 fully saturated rings. The summed E-state index contributed by atoms with van der Waals surface area (Å²) in [7, 11) is -3.66. The fraction of sp³-hybridized carbons (Fsp3) is 0.500. The first kappa shape index (κ1) is 31.8. The highest BCUT2D eigenvalue weighted by atomic mass is 35.5. The van der Waals surface area contributed by atoms with Crippen molar-refractivity contribution in [1.29, 1.82) is 0 Å². The number of anilines is 1. The summed E-state index contributed by atoms with van der Waals surface area (Å²) in [6, 6.07) is 9.21. The predicted octanol–water partition coefficient (Wildman–Crippen LogP) is 5.03. The first-order valence-corrected chi connectivity index (χ1v) is 16.0. The molecule has 0 unspecified atom stereocenters. The zero-order chi connectivity index (χ0) is 29.4. The lowest BCUT2D eigenvalue weighted by atomic mass is 10.1. The molecule has 1 heterocycles. The normalized spacial score (nSPS) is 14.2. The van der Waals surface area contributed by atoms with Gasteiger partial charge in [-0.05, 0) is 50.5 Å². The number of rotatable bonds is 13. The summed E-state index contributed by atoms with van der Waals surface area (Å²) in [4.78, 5) is 28.3. The molecule has 0 radical (unpaired) electrons. The second-order valence-electron chi connectivity index (χ2n) is 9.73. The number of halogens is 2. The maximum Gasteiger partial charge on any atom is 0.243 e. The standard InChI is InChI=1S/C28H37Cl2N3O6S/c1-5-19(3)31-28(35)24(6-2)32(18-21-22(29)9-7-10-23(21)30)27(34)11-8-14-33(40(4,36)37)20-12-13-25-26(17-20)39-16-15-38-25/h7,9-10,12-13,17,19,24H,5-6,8,11,14-16,18H2,1-4H3,(H,31,35)/t19-,24-/m1/s1. The van der Waals surface area contributed by atoms with Crippen LogP contribution in [0.2, 0.25) is 10.0 Å².